The predicted molar refractivity (Wildman–Crippen MR) is 58.3 cm³/mol. The van der Waals surface area contributed by atoms with Gasteiger partial charge in [0, 0.05) is 7.05 Å². The van der Waals surface area contributed by atoms with Crippen molar-refractivity contribution < 1.29 is 27.9 Å². The van der Waals surface area contributed by atoms with E-state index in [4.69, 9.17) is 5.11 Å². The molecule has 0 bridgehead atoms. The van der Waals surface area contributed by atoms with Crippen molar-refractivity contribution in [2.24, 2.45) is 0 Å². The van der Waals surface area contributed by atoms with E-state index in [9.17, 15) is 18.0 Å². The molecule has 1 aliphatic rings. The van der Waals surface area contributed by atoms with Crippen LogP contribution in [0.25, 0.3) is 0 Å². The van der Waals surface area contributed by atoms with Gasteiger partial charge in [-0.05, 0) is 0 Å². The van der Waals surface area contributed by atoms with Crippen molar-refractivity contribution in [2.45, 2.75) is 5.54 Å². The average molecular weight is 263 g/mol. The number of hydrogen-bond donors (Lipinski definition) is 1. The van der Waals surface area contributed by atoms with Crippen LogP contribution in [0.1, 0.15) is 0 Å². The molecule has 0 radical (unpaired) electrons. The first kappa shape index (κ1) is 13.5. The van der Waals surface area contributed by atoms with Gasteiger partial charge in [0.2, 0.25) is 0 Å². The number of likely N-dealkylation sites (N-methyl/N-ethyl adjacent to an activating group) is 1. The standard InChI is InChI=1S/C9H13NO6S/c1-3-4-16-8(13)10(2)9(7(11)12)5-17(14,15)6-9/h3H,1,4-6H2,2H3,(H,11,12). The monoisotopic (exact) mass is 263 g/mol. The maximum absolute atomic E-state index is 11.5. The van der Waals surface area contributed by atoms with Gasteiger partial charge in [0.25, 0.3) is 0 Å². The number of ether oxygens (including phenoxy) is 1. The zero-order chi connectivity index (χ0) is 13.3. The van der Waals surface area contributed by atoms with Crippen molar-refractivity contribution in [1.82, 2.24) is 4.90 Å². The summed E-state index contributed by atoms with van der Waals surface area (Å²) in [6, 6.07) is 0. The van der Waals surface area contributed by atoms with E-state index < -0.39 is 38.9 Å². The van der Waals surface area contributed by atoms with Gasteiger partial charge >= 0.3 is 12.1 Å². The van der Waals surface area contributed by atoms with E-state index >= 15 is 0 Å². The summed E-state index contributed by atoms with van der Waals surface area (Å²) in [5, 5.41) is 9.03. The minimum atomic E-state index is -3.38. The summed E-state index contributed by atoms with van der Waals surface area (Å²) in [4.78, 5) is 23.3. The van der Waals surface area contributed by atoms with E-state index in [0.717, 1.165) is 4.90 Å². The first-order valence-electron chi connectivity index (χ1n) is 4.70. The van der Waals surface area contributed by atoms with Crippen molar-refractivity contribution in [3.63, 3.8) is 0 Å². The molecule has 0 aromatic rings. The van der Waals surface area contributed by atoms with Gasteiger partial charge in [-0.2, -0.15) is 0 Å². The van der Waals surface area contributed by atoms with E-state index in [0.29, 0.717) is 0 Å². The fourth-order valence-electron chi connectivity index (χ4n) is 1.55. The van der Waals surface area contributed by atoms with Crippen LogP contribution in [0.3, 0.4) is 0 Å². The van der Waals surface area contributed by atoms with Gasteiger partial charge in [0.1, 0.15) is 6.61 Å². The summed E-state index contributed by atoms with van der Waals surface area (Å²) < 4.78 is 26.8. The number of carbonyl (C=O) groups excluding carboxylic acids is 1. The highest BCUT2D eigenvalue weighted by atomic mass is 32.2. The molecule has 0 saturated carbocycles. The van der Waals surface area contributed by atoms with Gasteiger partial charge < -0.3 is 9.84 Å². The number of carboxylic acid groups (broad SMARTS) is 1. The molecule has 1 fully saturated rings. The van der Waals surface area contributed by atoms with Crippen LogP contribution in [0.4, 0.5) is 4.79 Å². The maximum Gasteiger partial charge on any atom is 0.410 e. The zero-order valence-electron chi connectivity index (χ0n) is 9.25. The van der Waals surface area contributed by atoms with Crippen molar-refractivity contribution in [2.75, 3.05) is 25.2 Å². The maximum atomic E-state index is 11.5. The topological polar surface area (TPSA) is 101 Å². The van der Waals surface area contributed by atoms with Gasteiger partial charge in [0.05, 0.1) is 11.5 Å². The highest BCUT2D eigenvalue weighted by molar-refractivity contribution is 7.93. The van der Waals surface area contributed by atoms with E-state index in [1.54, 1.807) is 0 Å². The van der Waals surface area contributed by atoms with Gasteiger partial charge in [-0.1, -0.05) is 12.7 Å². The lowest BCUT2D eigenvalue weighted by molar-refractivity contribution is -0.148. The van der Waals surface area contributed by atoms with Crippen LogP contribution >= 0.6 is 0 Å². The average Bonchev–Trinajstić information content (AvgIpc) is 2.20. The Morgan fingerprint density at radius 2 is 2.06 bits per heavy atom. The van der Waals surface area contributed by atoms with Crippen molar-refractivity contribution in [1.29, 1.82) is 0 Å². The molecule has 1 rings (SSSR count). The Labute approximate surface area is 98.6 Å². The van der Waals surface area contributed by atoms with Crippen molar-refractivity contribution >= 4 is 21.9 Å². The first-order valence-corrected chi connectivity index (χ1v) is 6.52. The summed E-state index contributed by atoms with van der Waals surface area (Å²) in [5.74, 6) is -2.53. The number of aliphatic carboxylic acids is 1. The Morgan fingerprint density at radius 1 is 1.53 bits per heavy atom. The van der Waals surface area contributed by atoms with E-state index in [1.165, 1.54) is 13.1 Å². The number of carboxylic acids is 1. The highest BCUT2D eigenvalue weighted by Crippen LogP contribution is 2.30. The molecule has 0 unspecified atom stereocenters. The Hall–Kier alpha value is -1.57. The third kappa shape index (κ3) is 2.41. The largest absolute Gasteiger partial charge is 0.479 e. The number of carbonyl (C=O) groups is 2. The number of hydrogen-bond acceptors (Lipinski definition) is 5. The molecule has 0 aliphatic carbocycles. The number of nitrogens with zero attached hydrogens (tertiary/aromatic N) is 1. The summed E-state index contributed by atoms with van der Waals surface area (Å²) in [7, 11) is -2.18. The third-order valence-electron chi connectivity index (χ3n) is 2.56. The second kappa shape index (κ2) is 4.36. The lowest BCUT2D eigenvalue weighted by Gasteiger charge is -2.42. The van der Waals surface area contributed by atoms with Crippen molar-refractivity contribution in [3.05, 3.63) is 12.7 Å². The van der Waals surface area contributed by atoms with Crippen LogP contribution in [-0.2, 0) is 19.4 Å². The summed E-state index contributed by atoms with van der Waals surface area (Å²) in [6.07, 6.45) is 0.443. The molecule has 96 valence electrons. The lowest BCUT2D eigenvalue weighted by atomic mass is 10.0. The molecule has 0 spiro atoms. The minimum absolute atomic E-state index is 0.0639. The molecule has 8 heteroatoms. The van der Waals surface area contributed by atoms with E-state index in [-0.39, 0.29) is 6.61 Å². The van der Waals surface area contributed by atoms with Crippen LogP contribution in [0.5, 0.6) is 0 Å². The molecule has 0 aromatic carbocycles. The SMILES string of the molecule is C=CCOC(=O)N(C)C1(C(=O)O)CS(=O)(=O)C1. The van der Waals surface area contributed by atoms with Gasteiger partial charge in [0.15, 0.2) is 15.4 Å². The molecule has 0 aromatic heterocycles. The molecular formula is C9H13NO6S. The molecule has 1 heterocycles. The van der Waals surface area contributed by atoms with Gasteiger partial charge in [-0.25, -0.2) is 18.0 Å². The van der Waals surface area contributed by atoms with Crippen LogP contribution < -0.4 is 0 Å². The number of sulfone groups is 1. The summed E-state index contributed by atoms with van der Waals surface area (Å²) >= 11 is 0. The van der Waals surface area contributed by atoms with Crippen molar-refractivity contribution in [3.8, 4) is 0 Å². The van der Waals surface area contributed by atoms with Crippen LogP contribution in [0.2, 0.25) is 0 Å². The van der Waals surface area contributed by atoms with E-state index in [1.807, 2.05) is 0 Å². The molecular weight excluding hydrogens is 250 g/mol. The molecule has 0 atom stereocenters. The van der Waals surface area contributed by atoms with Gasteiger partial charge in [-0.3, -0.25) is 4.90 Å². The Morgan fingerprint density at radius 3 is 2.41 bits per heavy atom. The molecule has 1 aliphatic heterocycles. The molecule has 17 heavy (non-hydrogen) atoms. The molecule has 1 saturated heterocycles. The Balaban J connectivity index is 2.84. The molecule has 7 nitrogen and oxygen atoms in total. The van der Waals surface area contributed by atoms with Crippen LogP contribution in [0.15, 0.2) is 12.7 Å². The second-order valence-corrected chi connectivity index (χ2v) is 5.86. The molecule has 1 amide bonds. The third-order valence-corrected chi connectivity index (χ3v) is 4.39. The van der Waals surface area contributed by atoms with Crippen LogP contribution in [0, 0.1) is 0 Å². The summed E-state index contributed by atoms with van der Waals surface area (Å²) in [6.45, 7) is 3.27. The van der Waals surface area contributed by atoms with E-state index in [2.05, 4.69) is 11.3 Å². The zero-order valence-corrected chi connectivity index (χ0v) is 10.1. The minimum Gasteiger partial charge on any atom is -0.479 e. The number of rotatable bonds is 4. The lowest BCUT2D eigenvalue weighted by Crippen LogP contribution is -2.70. The normalized spacial score (nSPS) is 19.8. The Kier molecular flexibility index (Phi) is 3.46. The van der Waals surface area contributed by atoms with Crippen LogP contribution in [-0.4, -0.2) is 61.2 Å². The highest BCUT2D eigenvalue weighted by Gasteiger charge is 2.59. The quantitative estimate of drug-likeness (QED) is 0.686. The Bertz CT molecular complexity index is 442. The second-order valence-electron chi connectivity index (χ2n) is 3.79. The predicted octanol–water partition coefficient (Wildman–Crippen LogP) is -0.507. The fraction of sp³-hybridized carbons (Fsp3) is 0.556. The number of amides is 1. The van der Waals surface area contributed by atoms with Gasteiger partial charge in [-0.15, -0.1) is 0 Å². The summed E-state index contributed by atoms with van der Waals surface area (Å²) in [5.41, 5.74) is -1.71. The molecule has 1 N–H and O–H groups in total. The first-order chi connectivity index (χ1) is 7.75. The smallest absolute Gasteiger partial charge is 0.410 e. The fourth-order valence-corrected chi connectivity index (χ4v) is 3.55.